The Morgan fingerprint density at radius 2 is 1.63 bits per heavy atom. The van der Waals surface area contributed by atoms with Crippen LogP contribution in [0.5, 0.6) is 11.5 Å². The van der Waals surface area contributed by atoms with E-state index < -0.39 is 28.5 Å². The highest BCUT2D eigenvalue weighted by Gasteiger charge is 2.33. The maximum Gasteiger partial charge on any atom is 0.264 e. The Hall–Kier alpha value is -3.76. The van der Waals surface area contributed by atoms with E-state index in [1.165, 1.54) is 29.2 Å². The first-order valence-corrected chi connectivity index (χ1v) is 15.2. The highest BCUT2D eigenvalue weighted by Crippen LogP contribution is 2.28. The Morgan fingerprint density at radius 3 is 2.22 bits per heavy atom. The Labute approximate surface area is 247 Å². The van der Waals surface area contributed by atoms with Gasteiger partial charge in [-0.3, -0.25) is 13.9 Å². The molecule has 0 saturated heterocycles. The zero-order valence-corrected chi connectivity index (χ0v) is 25.2. The van der Waals surface area contributed by atoms with E-state index >= 15 is 0 Å². The van der Waals surface area contributed by atoms with Crippen LogP contribution in [0.1, 0.15) is 32.8 Å². The topological polar surface area (TPSA) is 105 Å². The SMILES string of the molecule is CCNC(=O)[C@@H](CC)N(Cc1cccc(OC)c1)C(=O)CN(c1ccc(OCC)cc1)S(=O)(=O)c1ccc(Cl)cc1. The average Bonchev–Trinajstić information content (AvgIpc) is 2.96. The van der Waals surface area contributed by atoms with Gasteiger partial charge in [-0.1, -0.05) is 30.7 Å². The number of likely N-dealkylation sites (N-methyl/N-ethyl adjacent to an activating group) is 1. The molecule has 3 rings (SSSR count). The van der Waals surface area contributed by atoms with Gasteiger partial charge >= 0.3 is 0 Å². The predicted molar refractivity (Wildman–Crippen MR) is 160 cm³/mol. The Balaban J connectivity index is 2.06. The third kappa shape index (κ3) is 8.14. The smallest absolute Gasteiger partial charge is 0.264 e. The zero-order chi connectivity index (χ0) is 30.0. The number of halogens is 1. The van der Waals surface area contributed by atoms with Crippen molar-refractivity contribution in [2.45, 2.75) is 44.7 Å². The number of carbonyl (C=O) groups is 2. The van der Waals surface area contributed by atoms with Crippen LogP contribution in [0.25, 0.3) is 0 Å². The Kier molecular flexibility index (Phi) is 11.4. The molecule has 0 fully saturated rings. The van der Waals surface area contributed by atoms with Gasteiger partial charge in [0.05, 0.1) is 24.3 Å². The molecule has 3 aromatic carbocycles. The van der Waals surface area contributed by atoms with Gasteiger partial charge in [-0.25, -0.2) is 8.42 Å². The van der Waals surface area contributed by atoms with E-state index in [1.807, 2.05) is 13.0 Å². The molecule has 0 spiro atoms. The number of methoxy groups -OCH3 is 1. The number of nitrogens with zero attached hydrogens (tertiary/aromatic N) is 2. The lowest BCUT2D eigenvalue weighted by molar-refractivity contribution is -0.140. The minimum absolute atomic E-state index is 0.0290. The highest BCUT2D eigenvalue weighted by atomic mass is 35.5. The zero-order valence-electron chi connectivity index (χ0n) is 23.7. The number of nitrogens with one attached hydrogen (secondary N) is 1. The lowest BCUT2D eigenvalue weighted by Crippen LogP contribution is -2.52. The summed E-state index contributed by atoms with van der Waals surface area (Å²) in [5, 5.41) is 3.17. The fraction of sp³-hybridized carbons (Fsp3) is 0.333. The van der Waals surface area contributed by atoms with Gasteiger partial charge in [0.25, 0.3) is 10.0 Å². The second kappa shape index (κ2) is 14.7. The molecule has 1 atom stereocenters. The molecule has 220 valence electrons. The lowest BCUT2D eigenvalue weighted by atomic mass is 10.1. The lowest BCUT2D eigenvalue weighted by Gasteiger charge is -2.33. The first kappa shape index (κ1) is 31.8. The molecule has 0 unspecified atom stereocenters. The van der Waals surface area contributed by atoms with Crippen LogP contribution in [0.15, 0.2) is 77.7 Å². The molecule has 0 aliphatic carbocycles. The minimum atomic E-state index is -4.21. The number of hydrogen-bond donors (Lipinski definition) is 1. The van der Waals surface area contributed by atoms with E-state index in [0.717, 1.165) is 9.87 Å². The van der Waals surface area contributed by atoms with Crippen molar-refractivity contribution < 1.29 is 27.5 Å². The van der Waals surface area contributed by atoms with Crippen LogP contribution in [-0.2, 0) is 26.2 Å². The summed E-state index contributed by atoms with van der Waals surface area (Å²) in [6.07, 6.45) is 0.328. The van der Waals surface area contributed by atoms with Gasteiger partial charge in [0, 0.05) is 18.1 Å². The molecular weight excluding hydrogens is 566 g/mol. The van der Waals surface area contributed by atoms with Crippen LogP contribution >= 0.6 is 11.6 Å². The summed E-state index contributed by atoms with van der Waals surface area (Å²) >= 11 is 6.01. The third-order valence-corrected chi connectivity index (χ3v) is 8.38. The van der Waals surface area contributed by atoms with Gasteiger partial charge in [0.2, 0.25) is 11.8 Å². The summed E-state index contributed by atoms with van der Waals surface area (Å²) in [5.74, 6) is 0.299. The van der Waals surface area contributed by atoms with Gasteiger partial charge in [-0.15, -0.1) is 0 Å². The molecule has 0 radical (unpaired) electrons. The summed E-state index contributed by atoms with van der Waals surface area (Å²) in [4.78, 5) is 28.5. The first-order chi connectivity index (χ1) is 19.6. The van der Waals surface area contributed by atoms with Crippen LogP contribution in [0.2, 0.25) is 5.02 Å². The van der Waals surface area contributed by atoms with Crippen LogP contribution in [-0.4, -0.2) is 58.0 Å². The van der Waals surface area contributed by atoms with Crippen molar-refractivity contribution in [1.82, 2.24) is 10.2 Å². The van der Waals surface area contributed by atoms with E-state index in [0.29, 0.717) is 36.1 Å². The maximum absolute atomic E-state index is 14.1. The molecule has 1 N–H and O–H groups in total. The maximum atomic E-state index is 14.1. The summed E-state index contributed by atoms with van der Waals surface area (Å²) < 4.78 is 39.7. The van der Waals surface area contributed by atoms with Crippen LogP contribution < -0.4 is 19.1 Å². The number of benzene rings is 3. The molecule has 2 amide bonds. The van der Waals surface area contributed by atoms with Crippen molar-refractivity contribution in [3.8, 4) is 11.5 Å². The van der Waals surface area contributed by atoms with Crippen molar-refractivity contribution in [1.29, 1.82) is 0 Å². The van der Waals surface area contributed by atoms with Crippen molar-refractivity contribution in [3.63, 3.8) is 0 Å². The molecule has 41 heavy (non-hydrogen) atoms. The number of hydrogen-bond acceptors (Lipinski definition) is 6. The van der Waals surface area contributed by atoms with Gasteiger partial charge in [-0.05, 0) is 86.5 Å². The van der Waals surface area contributed by atoms with Crippen molar-refractivity contribution >= 4 is 39.1 Å². The van der Waals surface area contributed by atoms with E-state index in [-0.39, 0.29) is 23.0 Å². The number of carbonyl (C=O) groups excluding carboxylic acids is 2. The van der Waals surface area contributed by atoms with Crippen LogP contribution in [0, 0.1) is 0 Å². The standard InChI is InChI=1S/C30H36ClN3O6S/c1-5-28(30(36)32-6-2)33(20-22-9-8-10-26(19-22)39-4)29(35)21-34(24-13-15-25(16-14-24)40-7-3)41(37,38)27-17-11-23(31)12-18-27/h8-19,28H,5-7,20-21H2,1-4H3,(H,32,36)/t28-/m1/s1. The summed E-state index contributed by atoms with van der Waals surface area (Å²) in [7, 11) is -2.66. The van der Waals surface area contributed by atoms with Crippen molar-refractivity contribution in [2.75, 3.05) is 31.1 Å². The third-order valence-electron chi connectivity index (χ3n) is 6.34. The van der Waals surface area contributed by atoms with Crippen LogP contribution in [0.4, 0.5) is 5.69 Å². The van der Waals surface area contributed by atoms with E-state index in [9.17, 15) is 18.0 Å². The molecule has 0 aromatic heterocycles. The van der Waals surface area contributed by atoms with E-state index in [4.69, 9.17) is 21.1 Å². The van der Waals surface area contributed by atoms with Crippen LogP contribution in [0.3, 0.4) is 0 Å². The summed E-state index contributed by atoms with van der Waals surface area (Å²) in [6, 6.07) is 18.5. The van der Waals surface area contributed by atoms with Gasteiger partial charge in [0.1, 0.15) is 24.1 Å². The molecule has 11 heteroatoms. The van der Waals surface area contributed by atoms with Gasteiger partial charge in [0.15, 0.2) is 0 Å². The summed E-state index contributed by atoms with van der Waals surface area (Å²) in [6.45, 7) is 5.82. The van der Waals surface area contributed by atoms with Crippen molar-refractivity contribution in [3.05, 3.63) is 83.4 Å². The first-order valence-electron chi connectivity index (χ1n) is 13.4. The largest absolute Gasteiger partial charge is 0.497 e. The molecule has 0 aliphatic heterocycles. The van der Waals surface area contributed by atoms with Gasteiger partial charge < -0.3 is 19.7 Å². The number of amides is 2. The molecular formula is C30H36ClN3O6S. The second-order valence-corrected chi connectivity index (χ2v) is 11.4. The second-order valence-electron chi connectivity index (χ2n) is 9.08. The molecule has 0 bridgehead atoms. The monoisotopic (exact) mass is 601 g/mol. The quantitative estimate of drug-likeness (QED) is 0.282. The normalized spacial score (nSPS) is 11.8. The predicted octanol–water partition coefficient (Wildman–Crippen LogP) is 4.89. The average molecular weight is 602 g/mol. The van der Waals surface area contributed by atoms with Gasteiger partial charge in [-0.2, -0.15) is 0 Å². The fourth-order valence-electron chi connectivity index (χ4n) is 4.32. The molecule has 9 nitrogen and oxygen atoms in total. The number of rotatable bonds is 14. The Morgan fingerprint density at radius 1 is 0.951 bits per heavy atom. The minimum Gasteiger partial charge on any atom is -0.497 e. The number of ether oxygens (including phenoxy) is 2. The number of anilines is 1. The highest BCUT2D eigenvalue weighted by molar-refractivity contribution is 7.92. The fourth-order valence-corrected chi connectivity index (χ4v) is 5.86. The Bertz CT molecular complexity index is 1410. The molecule has 0 aliphatic rings. The summed E-state index contributed by atoms with van der Waals surface area (Å²) in [5.41, 5.74) is 0.998. The van der Waals surface area contributed by atoms with E-state index in [1.54, 1.807) is 63.4 Å². The molecule has 3 aromatic rings. The molecule has 0 heterocycles. The number of sulfonamides is 1. The molecule has 0 saturated carbocycles. The van der Waals surface area contributed by atoms with Crippen molar-refractivity contribution in [2.24, 2.45) is 0 Å². The van der Waals surface area contributed by atoms with E-state index in [2.05, 4.69) is 5.32 Å².